The van der Waals surface area contributed by atoms with Crippen molar-refractivity contribution in [3.05, 3.63) is 75.4 Å². The summed E-state index contributed by atoms with van der Waals surface area (Å²) in [6.07, 6.45) is -3.88. The maximum Gasteiger partial charge on any atom is 0.164 e. The second kappa shape index (κ2) is 10.3. The molecule has 1 saturated heterocycles. The summed E-state index contributed by atoms with van der Waals surface area (Å²) in [6.45, 7) is 2.94. The average Bonchev–Trinajstić information content (AvgIpc) is 3.51. The zero-order valence-corrected chi connectivity index (χ0v) is 21.5. The predicted molar refractivity (Wildman–Crippen MR) is 132 cm³/mol. The molecule has 200 valence electrons. The third-order valence-electron chi connectivity index (χ3n) is 6.38. The lowest BCUT2D eigenvalue weighted by molar-refractivity contribution is -0.210. The molecule has 0 unspecified atom stereocenters. The summed E-state index contributed by atoms with van der Waals surface area (Å²) in [7, 11) is 0. The van der Waals surface area contributed by atoms with Gasteiger partial charge in [0.1, 0.15) is 58.6 Å². The van der Waals surface area contributed by atoms with E-state index in [2.05, 4.69) is 20.4 Å². The number of ether oxygens (including phenoxy) is 1. The Labute approximate surface area is 225 Å². The number of aliphatic hydroxyl groups is 3. The van der Waals surface area contributed by atoms with E-state index in [1.54, 1.807) is 25.1 Å². The average molecular weight is 567 g/mol. The standard InChI is InChI=1S/C24H22Cl2F2N6O4/c1-10-3-4-13(25)7-17(10)34-24(29-11(2)31-34)23-22(37)20(21(36)18(9-35)38-23)33-8-16(30-32-33)12-5-14(27)19(26)15(28)6-12/h3-8,18,20-23,35-37H,9H2,1-2H3/t18-,20+,21+,22-,23-/m1/s1. The molecule has 10 nitrogen and oxygen atoms in total. The van der Waals surface area contributed by atoms with Crippen molar-refractivity contribution < 1.29 is 28.8 Å². The fraction of sp³-hybridized carbons (Fsp3) is 0.333. The lowest BCUT2D eigenvalue weighted by atomic mass is 9.92. The van der Waals surface area contributed by atoms with E-state index in [0.29, 0.717) is 16.5 Å². The molecule has 0 aliphatic carbocycles. The first-order valence-electron chi connectivity index (χ1n) is 11.5. The van der Waals surface area contributed by atoms with Gasteiger partial charge in [-0.3, -0.25) is 0 Å². The van der Waals surface area contributed by atoms with Crippen LogP contribution in [0, 0.1) is 25.5 Å². The molecule has 0 saturated carbocycles. The van der Waals surface area contributed by atoms with Crippen molar-refractivity contribution in [1.29, 1.82) is 0 Å². The molecular weight excluding hydrogens is 545 g/mol. The molecule has 38 heavy (non-hydrogen) atoms. The normalized spacial score (nSPS) is 23.7. The molecule has 5 atom stereocenters. The highest BCUT2D eigenvalue weighted by atomic mass is 35.5. The number of aromatic nitrogens is 6. The molecule has 1 aliphatic rings. The van der Waals surface area contributed by atoms with Crippen molar-refractivity contribution >= 4 is 23.2 Å². The Balaban J connectivity index is 1.55. The number of aliphatic hydroxyl groups excluding tert-OH is 3. The Kier molecular flexibility index (Phi) is 7.20. The van der Waals surface area contributed by atoms with Crippen LogP contribution in [-0.2, 0) is 4.74 Å². The van der Waals surface area contributed by atoms with Crippen LogP contribution < -0.4 is 0 Å². The quantitative estimate of drug-likeness (QED) is 0.314. The predicted octanol–water partition coefficient (Wildman–Crippen LogP) is 3.12. The monoisotopic (exact) mass is 566 g/mol. The summed E-state index contributed by atoms with van der Waals surface area (Å²) in [5.41, 5.74) is 1.54. The minimum absolute atomic E-state index is 0.0498. The molecule has 1 aliphatic heterocycles. The summed E-state index contributed by atoms with van der Waals surface area (Å²) in [5, 5.41) is 44.5. The summed E-state index contributed by atoms with van der Waals surface area (Å²) in [6, 6.07) is 6.03. The zero-order chi connectivity index (χ0) is 27.3. The minimum atomic E-state index is -1.46. The molecule has 0 amide bonds. The van der Waals surface area contributed by atoms with Crippen LogP contribution in [-0.4, -0.2) is 70.0 Å². The smallest absolute Gasteiger partial charge is 0.164 e. The van der Waals surface area contributed by atoms with Crippen molar-refractivity contribution in [2.75, 3.05) is 6.61 Å². The zero-order valence-electron chi connectivity index (χ0n) is 20.0. The van der Waals surface area contributed by atoms with Gasteiger partial charge in [0, 0.05) is 10.6 Å². The van der Waals surface area contributed by atoms with Gasteiger partial charge in [-0.1, -0.05) is 34.5 Å². The minimum Gasteiger partial charge on any atom is -0.394 e. The van der Waals surface area contributed by atoms with E-state index in [1.165, 1.54) is 10.9 Å². The SMILES string of the molecule is Cc1nc([C@@H]2O[C@H](CO)[C@H](O)[C@H](n3cc(-c4cc(F)c(Cl)c(F)c4)nn3)[C@H]2O)n(-c2cc(Cl)ccc2C)n1. The summed E-state index contributed by atoms with van der Waals surface area (Å²) >= 11 is 11.8. The highest BCUT2D eigenvalue weighted by Gasteiger charge is 2.48. The first-order valence-corrected chi connectivity index (χ1v) is 12.2. The van der Waals surface area contributed by atoms with E-state index in [4.69, 9.17) is 27.9 Å². The Morgan fingerprint density at radius 2 is 1.76 bits per heavy atom. The highest BCUT2D eigenvalue weighted by Crippen LogP contribution is 2.39. The van der Waals surface area contributed by atoms with Crippen LogP contribution in [0.4, 0.5) is 8.78 Å². The van der Waals surface area contributed by atoms with Gasteiger partial charge in [0.25, 0.3) is 0 Å². The van der Waals surface area contributed by atoms with E-state index >= 15 is 0 Å². The van der Waals surface area contributed by atoms with E-state index in [0.717, 1.165) is 22.4 Å². The van der Waals surface area contributed by atoms with Gasteiger partial charge >= 0.3 is 0 Å². The summed E-state index contributed by atoms with van der Waals surface area (Å²) in [5.74, 6) is -1.37. The Morgan fingerprint density at radius 3 is 2.45 bits per heavy atom. The van der Waals surface area contributed by atoms with Crippen molar-refractivity contribution in [2.45, 2.75) is 44.3 Å². The van der Waals surface area contributed by atoms with E-state index in [9.17, 15) is 24.1 Å². The van der Waals surface area contributed by atoms with Gasteiger partial charge in [-0.05, 0) is 43.7 Å². The molecule has 1 fully saturated rings. The summed E-state index contributed by atoms with van der Waals surface area (Å²) in [4.78, 5) is 4.45. The Hall–Kier alpha value is -3.00. The highest BCUT2D eigenvalue weighted by molar-refractivity contribution is 6.31. The lowest BCUT2D eigenvalue weighted by Crippen LogP contribution is -2.53. The van der Waals surface area contributed by atoms with Crippen molar-refractivity contribution in [2.24, 2.45) is 0 Å². The molecule has 5 rings (SSSR count). The number of halogens is 4. The van der Waals surface area contributed by atoms with Crippen LogP contribution in [0.25, 0.3) is 16.9 Å². The molecule has 3 N–H and O–H groups in total. The van der Waals surface area contributed by atoms with Crippen molar-refractivity contribution in [3.8, 4) is 16.9 Å². The lowest BCUT2D eigenvalue weighted by Gasteiger charge is -2.41. The van der Waals surface area contributed by atoms with Gasteiger partial charge in [0.05, 0.1) is 18.5 Å². The van der Waals surface area contributed by atoms with Crippen LogP contribution in [0.15, 0.2) is 36.5 Å². The number of benzene rings is 2. The first-order chi connectivity index (χ1) is 18.1. The molecule has 14 heteroatoms. The van der Waals surface area contributed by atoms with Gasteiger partial charge in [-0.15, -0.1) is 5.10 Å². The number of rotatable bonds is 5. The molecule has 2 aromatic carbocycles. The van der Waals surface area contributed by atoms with Crippen LogP contribution in [0.1, 0.15) is 29.4 Å². The molecule has 2 aromatic heterocycles. The van der Waals surface area contributed by atoms with Gasteiger partial charge in [-0.25, -0.2) is 23.1 Å². The van der Waals surface area contributed by atoms with Crippen molar-refractivity contribution in [1.82, 2.24) is 29.8 Å². The Bertz CT molecular complexity index is 1480. The number of nitrogens with zero attached hydrogens (tertiary/aromatic N) is 6. The van der Waals surface area contributed by atoms with Gasteiger partial charge in [0.2, 0.25) is 0 Å². The molecule has 0 bridgehead atoms. The van der Waals surface area contributed by atoms with Crippen LogP contribution >= 0.6 is 23.2 Å². The second-order valence-electron chi connectivity index (χ2n) is 8.95. The fourth-order valence-corrected chi connectivity index (χ4v) is 4.77. The van der Waals surface area contributed by atoms with E-state index in [1.807, 2.05) is 6.92 Å². The number of hydrogen-bond acceptors (Lipinski definition) is 8. The number of hydrogen-bond donors (Lipinski definition) is 3. The van der Waals surface area contributed by atoms with Crippen LogP contribution in [0.2, 0.25) is 10.0 Å². The third-order valence-corrected chi connectivity index (χ3v) is 6.98. The maximum atomic E-state index is 14.0. The van der Waals surface area contributed by atoms with E-state index in [-0.39, 0.29) is 17.1 Å². The van der Waals surface area contributed by atoms with Crippen LogP contribution in [0.3, 0.4) is 0 Å². The van der Waals surface area contributed by atoms with Gasteiger partial charge in [0.15, 0.2) is 5.82 Å². The topological polar surface area (TPSA) is 131 Å². The number of aryl methyl sites for hydroxylation is 2. The molecule has 4 aromatic rings. The third kappa shape index (κ3) is 4.68. The molecule has 3 heterocycles. The maximum absolute atomic E-state index is 14.0. The molecular formula is C24H22Cl2F2N6O4. The van der Waals surface area contributed by atoms with Gasteiger partial charge < -0.3 is 20.1 Å². The van der Waals surface area contributed by atoms with E-state index < -0.39 is 53.7 Å². The first kappa shape index (κ1) is 26.6. The van der Waals surface area contributed by atoms with Crippen molar-refractivity contribution in [3.63, 3.8) is 0 Å². The Morgan fingerprint density at radius 1 is 1.05 bits per heavy atom. The second-order valence-corrected chi connectivity index (χ2v) is 9.76. The largest absolute Gasteiger partial charge is 0.394 e. The van der Waals surface area contributed by atoms with Gasteiger partial charge in [-0.2, -0.15) is 5.10 Å². The fourth-order valence-electron chi connectivity index (χ4n) is 4.49. The molecule has 0 radical (unpaired) electrons. The molecule has 0 spiro atoms. The van der Waals surface area contributed by atoms with Crippen LogP contribution in [0.5, 0.6) is 0 Å². The summed E-state index contributed by atoms with van der Waals surface area (Å²) < 4.78 is 36.6.